The number of aryl methyl sites for hydroxylation is 2. The highest BCUT2D eigenvalue weighted by Crippen LogP contribution is 2.24. The van der Waals surface area contributed by atoms with E-state index >= 15 is 0 Å². The molecule has 1 fully saturated rings. The molecule has 3 nitrogen and oxygen atoms in total. The van der Waals surface area contributed by atoms with Crippen LogP contribution in [0.2, 0.25) is 5.02 Å². The molecule has 1 aromatic carbocycles. The molecule has 1 aliphatic rings. The Bertz CT molecular complexity index is 629. The van der Waals surface area contributed by atoms with Gasteiger partial charge < -0.3 is 5.32 Å². The van der Waals surface area contributed by atoms with Gasteiger partial charge in [0, 0.05) is 23.3 Å². The Hall–Kier alpha value is -1.32. The number of hydrogen-bond donors (Lipinski definition) is 1. The third-order valence-electron chi connectivity index (χ3n) is 3.99. The van der Waals surface area contributed by atoms with Crippen LogP contribution in [0.25, 0.3) is 5.69 Å². The number of hydrogen-bond acceptors (Lipinski definition) is 2. The van der Waals surface area contributed by atoms with Crippen molar-refractivity contribution < 1.29 is 0 Å². The van der Waals surface area contributed by atoms with Gasteiger partial charge in [-0.3, -0.25) is 0 Å². The van der Waals surface area contributed by atoms with Gasteiger partial charge in [-0.1, -0.05) is 31.5 Å². The molecule has 4 heteroatoms. The third-order valence-corrected chi connectivity index (χ3v) is 4.23. The highest BCUT2D eigenvalue weighted by molar-refractivity contribution is 6.30. The van der Waals surface area contributed by atoms with Gasteiger partial charge in [0.05, 0.1) is 11.4 Å². The fraction of sp³-hybridized carbons (Fsp3) is 0.471. The second-order valence-corrected chi connectivity index (χ2v) is 6.11. The van der Waals surface area contributed by atoms with Crippen LogP contribution in [0.3, 0.4) is 0 Å². The van der Waals surface area contributed by atoms with Crippen LogP contribution in [0.1, 0.15) is 43.6 Å². The van der Waals surface area contributed by atoms with Crippen molar-refractivity contribution in [1.82, 2.24) is 15.1 Å². The van der Waals surface area contributed by atoms with Gasteiger partial charge >= 0.3 is 0 Å². The van der Waals surface area contributed by atoms with E-state index in [9.17, 15) is 0 Å². The Morgan fingerprint density at radius 1 is 1.24 bits per heavy atom. The van der Waals surface area contributed by atoms with E-state index in [0.717, 1.165) is 35.8 Å². The van der Waals surface area contributed by atoms with Gasteiger partial charge in [-0.25, -0.2) is 4.68 Å². The topological polar surface area (TPSA) is 29.9 Å². The number of benzene rings is 1. The predicted molar refractivity (Wildman–Crippen MR) is 87.2 cm³/mol. The van der Waals surface area contributed by atoms with Crippen molar-refractivity contribution in [3.8, 4) is 5.69 Å². The molecule has 1 aliphatic carbocycles. The second-order valence-electron chi connectivity index (χ2n) is 5.67. The minimum absolute atomic E-state index is 0.697. The minimum Gasteiger partial charge on any atom is -0.310 e. The van der Waals surface area contributed by atoms with E-state index in [1.807, 2.05) is 12.1 Å². The van der Waals surface area contributed by atoms with Gasteiger partial charge in [0.1, 0.15) is 0 Å². The van der Waals surface area contributed by atoms with Crippen LogP contribution >= 0.6 is 11.6 Å². The molecule has 0 radical (unpaired) electrons. The van der Waals surface area contributed by atoms with Crippen molar-refractivity contribution in [1.29, 1.82) is 0 Å². The molecule has 0 bridgehead atoms. The Morgan fingerprint density at radius 2 is 2.05 bits per heavy atom. The van der Waals surface area contributed by atoms with E-state index in [2.05, 4.69) is 36.0 Å². The molecule has 0 aliphatic heterocycles. The summed E-state index contributed by atoms with van der Waals surface area (Å²) in [5.74, 6) is 0. The highest BCUT2D eigenvalue weighted by Gasteiger charge is 2.21. The van der Waals surface area contributed by atoms with Gasteiger partial charge in [0.2, 0.25) is 0 Å². The fourth-order valence-electron chi connectivity index (χ4n) is 2.53. The molecule has 1 N–H and O–H groups in total. The van der Waals surface area contributed by atoms with Gasteiger partial charge in [0.25, 0.3) is 0 Å². The zero-order chi connectivity index (χ0) is 14.8. The van der Waals surface area contributed by atoms with Gasteiger partial charge in [0.15, 0.2) is 0 Å². The van der Waals surface area contributed by atoms with Crippen LogP contribution in [0, 0.1) is 0 Å². The predicted octanol–water partition coefficient (Wildman–Crippen LogP) is 3.90. The minimum atomic E-state index is 0.697. The van der Waals surface area contributed by atoms with Gasteiger partial charge in [-0.15, -0.1) is 0 Å². The molecule has 3 rings (SSSR count). The summed E-state index contributed by atoms with van der Waals surface area (Å²) in [5, 5.41) is 9.08. The standard InChI is InChI=1S/C17H22ClN3/c1-3-14-10-16(4-2)21(20-14)17-9-13(18)6-5-12(17)11-19-15-7-8-15/h5-6,9-10,15,19H,3-4,7-8,11H2,1-2H3. The summed E-state index contributed by atoms with van der Waals surface area (Å²) in [5.41, 5.74) is 4.73. The highest BCUT2D eigenvalue weighted by atomic mass is 35.5. The molecule has 1 aromatic heterocycles. The van der Waals surface area contributed by atoms with Crippen LogP contribution in [0.5, 0.6) is 0 Å². The average Bonchev–Trinajstić information content (AvgIpc) is 3.23. The third kappa shape index (κ3) is 3.30. The van der Waals surface area contributed by atoms with Crippen molar-refractivity contribution in [2.24, 2.45) is 0 Å². The van der Waals surface area contributed by atoms with Gasteiger partial charge in [-0.05, 0) is 49.4 Å². The molecule has 1 saturated carbocycles. The largest absolute Gasteiger partial charge is 0.310 e. The Morgan fingerprint density at radius 3 is 2.71 bits per heavy atom. The number of halogens is 1. The summed E-state index contributed by atoms with van der Waals surface area (Å²) in [7, 11) is 0. The lowest BCUT2D eigenvalue weighted by atomic mass is 10.1. The number of rotatable bonds is 6. The van der Waals surface area contributed by atoms with Crippen LogP contribution in [-0.2, 0) is 19.4 Å². The zero-order valence-corrected chi connectivity index (χ0v) is 13.5. The van der Waals surface area contributed by atoms with Crippen molar-refractivity contribution in [3.05, 3.63) is 46.2 Å². The maximum atomic E-state index is 6.22. The number of aromatic nitrogens is 2. The fourth-order valence-corrected chi connectivity index (χ4v) is 2.70. The molecule has 0 spiro atoms. The van der Waals surface area contributed by atoms with E-state index in [0.29, 0.717) is 6.04 Å². The summed E-state index contributed by atoms with van der Waals surface area (Å²) >= 11 is 6.22. The first-order chi connectivity index (χ1) is 10.2. The van der Waals surface area contributed by atoms with Crippen molar-refractivity contribution >= 4 is 11.6 Å². The number of nitrogens with one attached hydrogen (secondary N) is 1. The summed E-state index contributed by atoms with van der Waals surface area (Å²) in [6.45, 7) is 5.18. The normalized spacial score (nSPS) is 14.6. The van der Waals surface area contributed by atoms with E-state index < -0.39 is 0 Å². The summed E-state index contributed by atoms with van der Waals surface area (Å²) < 4.78 is 2.06. The molecule has 0 unspecified atom stereocenters. The average molecular weight is 304 g/mol. The molecule has 2 aromatic rings. The van der Waals surface area contributed by atoms with E-state index in [1.54, 1.807) is 0 Å². The second kappa shape index (κ2) is 6.20. The van der Waals surface area contributed by atoms with Crippen molar-refractivity contribution in [3.63, 3.8) is 0 Å². The summed E-state index contributed by atoms with van der Waals surface area (Å²) in [4.78, 5) is 0. The maximum absolute atomic E-state index is 6.22. The molecule has 21 heavy (non-hydrogen) atoms. The SMILES string of the molecule is CCc1cc(CC)n(-c2cc(Cl)ccc2CNC2CC2)n1. The quantitative estimate of drug-likeness (QED) is 0.877. The molecular weight excluding hydrogens is 282 g/mol. The first-order valence-electron chi connectivity index (χ1n) is 7.81. The molecule has 0 atom stereocenters. The molecule has 0 saturated heterocycles. The smallest absolute Gasteiger partial charge is 0.0708 e. The lowest BCUT2D eigenvalue weighted by Crippen LogP contribution is -2.17. The Kier molecular flexibility index (Phi) is 4.32. The summed E-state index contributed by atoms with van der Waals surface area (Å²) in [6.07, 6.45) is 4.51. The van der Waals surface area contributed by atoms with Crippen LogP contribution in [0.4, 0.5) is 0 Å². The Labute approximate surface area is 131 Å². The molecule has 1 heterocycles. The molecular formula is C17H22ClN3. The van der Waals surface area contributed by atoms with Crippen molar-refractivity contribution in [2.75, 3.05) is 0 Å². The first-order valence-corrected chi connectivity index (χ1v) is 8.19. The lowest BCUT2D eigenvalue weighted by molar-refractivity contribution is 0.677. The van der Waals surface area contributed by atoms with E-state index in [4.69, 9.17) is 16.7 Å². The lowest BCUT2D eigenvalue weighted by Gasteiger charge is -2.13. The monoisotopic (exact) mass is 303 g/mol. The van der Waals surface area contributed by atoms with E-state index in [-0.39, 0.29) is 0 Å². The van der Waals surface area contributed by atoms with E-state index in [1.165, 1.54) is 24.1 Å². The zero-order valence-electron chi connectivity index (χ0n) is 12.7. The van der Waals surface area contributed by atoms with Crippen LogP contribution in [-0.4, -0.2) is 15.8 Å². The van der Waals surface area contributed by atoms with Crippen molar-refractivity contribution in [2.45, 2.75) is 52.1 Å². The van der Waals surface area contributed by atoms with Crippen LogP contribution in [0.15, 0.2) is 24.3 Å². The van der Waals surface area contributed by atoms with Crippen LogP contribution < -0.4 is 5.32 Å². The summed E-state index contributed by atoms with van der Waals surface area (Å²) in [6, 6.07) is 8.99. The Balaban J connectivity index is 1.98. The maximum Gasteiger partial charge on any atom is 0.0708 e. The number of nitrogens with zero attached hydrogens (tertiary/aromatic N) is 2. The first kappa shape index (κ1) is 14.6. The van der Waals surface area contributed by atoms with Gasteiger partial charge in [-0.2, -0.15) is 5.10 Å². The molecule has 112 valence electrons. The molecule has 0 amide bonds.